The van der Waals surface area contributed by atoms with Crippen LogP contribution >= 0.6 is 0 Å². The second-order valence-electron chi connectivity index (χ2n) is 4.36. The summed E-state index contributed by atoms with van der Waals surface area (Å²) in [7, 11) is 0. The van der Waals surface area contributed by atoms with Crippen molar-refractivity contribution in [1.82, 2.24) is 9.78 Å². The van der Waals surface area contributed by atoms with Crippen LogP contribution in [0.2, 0.25) is 0 Å². The van der Waals surface area contributed by atoms with Crippen LogP contribution in [0.1, 0.15) is 11.1 Å². The van der Waals surface area contributed by atoms with E-state index in [1.165, 1.54) is 17.1 Å². The number of benzene rings is 1. The number of hydrogen-bond acceptors (Lipinski definition) is 2. The molecule has 7 heteroatoms. The first-order valence-corrected chi connectivity index (χ1v) is 5.81. The molecular weight excluding hydrogens is 271 g/mol. The van der Waals surface area contributed by atoms with Gasteiger partial charge in [-0.05, 0) is 12.5 Å². The van der Waals surface area contributed by atoms with Gasteiger partial charge in [0.25, 0.3) is 0 Å². The number of aryl methyl sites for hydroxylation is 1. The normalized spacial score (nSPS) is 11.4. The topological polar surface area (TPSA) is 46.9 Å². The summed E-state index contributed by atoms with van der Waals surface area (Å²) in [4.78, 5) is 10.8. The van der Waals surface area contributed by atoms with E-state index in [0.29, 0.717) is 6.54 Å². The van der Waals surface area contributed by atoms with Crippen LogP contribution in [0.15, 0.2) is 36.7 Å². The number of carbonyl (C=O) groups excluding carboxylic acids is 1. The molecule has 0 aliphatic carbocycles. The van der Waals surface area contributed by atoms with Gasteiger partial charge in [-0.3, -0.25) is 9.48 Å². The van der Waals surface area contributed by atoms with Crippen molar-refractivity contribution in [1.29, 1.82) is 0 Å². The second-order valence-corrected chi connectivity index (χ2v) is 4.36. The van der Waals surface area contributed by atoms with Gasteiger partial charge in [0.1, 0.15) is 0 Å². The van der Waals surface area contributed by atoms with Gasteiger partial charge in [0, 0.05) is 6.20 Å². The standard InChI is InChI=1S/C13H12F3N3O/c1-9-2-4-10(5-3-9)7-19-8-11(6-17-19)18-12(20)13(14,15)16/h2-6,8H,7H2,1H3,(H,18,20). The van der Waals surface area contributed by atoms with Crippen molar-refractivity contribution in [3.63, 3.8) is 0 Å². The number of rotatable bonds is 3. The van der Waals surface area contributed by atoms with Crippen molar-refractivity contribution in [3.05, 3.63) is 47.8 Å². The van der Waals surface area contributed by atoms with Crippen molar-refractivity contribution >= 4 is 11.6 Å². The molecule has 0 fully saturated rings. The Bertz CT molecular complexity index is 602. The van der Waals surface area contributed by atoms with E-state index in [9.17, 15) is 18.0 Å². The molecule has 0 radical (unpaired) electrons. The summed E-state index contributed by atoms with van der Waals surface area (Å²) < 4.78 is 37.7. The van der Waals surface area contributed by atoms with Crippen molar-refractivity contribution in [2.24, 2.45) is 0 Å². The fourth-order valence-corrected chi connectivity index (χ4v) is 1.60. The van der Waals surface area contributed by atoms with Gasteiger partial charge in [-0.1, -0.05) is 29.8 Å². The van der Waals surface area contributed by atoms with E-state index in [-0.39, 0.29) is 5.69 Å². The molecule has 0 spiro atoms. The zero-order chi connectivity index (χ0) is 14.8. The lowest BCUT2D eigenvalue weighted by atomic mass is 10.1. The SMILES string of the molecule is Cc1ccc(Cn2cc(NC(=O)C(F)(F)F)cn2)cc1. The molecule has 20 heavy (non-hydrogen) atoms. The van der Waals surface area contributed by atoms with Gasteiger partial charge in [0.05, 0.1) is 18.4 Å². The largest absolute Gasteiger partial charge is 0.471 e. The van der Waals surface area contributed by atoms with Crippen LogP contribution in [-0.4, -0.2) is 21.9 Å². The van der Waals surface area contributed by atoms with E-state index < -0.39 is 12.1 Å². The molecule has 1 aromatic carbocycles. The van der Waals surface area contributed by atoms with Crippen molar-refractivity contribution in [2.75, 3.05) is 5.32 Å². The maximum absolute atomic E-state index is 12.1. The number of aromatic nitrogens is 2. The fourth-order valence-electron chi connectivity index (χ4n) is 1.60. The summed E-state index contributed by atoms with van der Waals surface area (Å²) in [5, 5.41) is 5.65. The Hall–Kier alpha value is -2.31. The molecule has 106 valence electrons. The van der Waals surface area contributed by atoms with Crippen LogP contribution in [-0.2, 0) is 11.3 Å². The summed E-state index contributed by atoms with van der Waals surface area (Å²) in [5.41, 5.74) is 2.10. The van der Waals surface area contributed by atoms with E-state index in [4.69, 9.17) is 0 Å². The van der Waals surface area contributed by atoms with Crippen LogP contribution in [0.4, 0.5) is 18.9 Å². The van der Waals surface area contributed by atoms with Crippen LogP contribution < -0.4 is 5.32 Å². The highest BCUT2D eigenvalue weighted by molar-refractivity contribution is 5.94. The van der Waals surface area contributed by atoms with E-state index in [0.717, 1.165) is 11.1 Å². The second kappa shape index (κ2) is 5.36. The Labute approximate surface area is 113 Å². The first-order chi connectivity index (χ1) is 9.34. The molecule has 0 aliphatic heterocycles. The number of carbonyl (C=O) groups is 1. The van der Waals surface area contributed by atoms with E-state index in [1.54, 1.807) is 5.32 Å². The number of amides is 1. The minimum absolute atomic E-state index is 0.0134. The lowest BCUT2D eigenvalue weighted by Crippen LogP contribution is -2.29. The summed E-state index contributed by atoms with van der Waals surface area (Å²) in [6.07, 6.45) is -2.37. The molecule has 2 rings (SSSR count). The third-order valence-electron chi connectivity index (χ3n) is 2.61. The van der Waals surface area contributed by atoms with Gasteiger partial charge < -0.3 is 5.32 Å². The number of hydrogen-bond donors (Lipinski definition) is 1. The quantitative estimate of drug-likeness (QED) is 0.941. The van der Waals surface area contributed by atoms with Gasteiger partial charge in [0.2, 0.25) is 0 Å². The van der Waals surface area contributed by atoms with Crippen molar-refractivity contribution in [3.8, 4) is 0 Å². The summed E-state index contributed by atoms with van der Waals surface area (Å²) in [6, 6.07) is 7.69. The Morgan fingerprint density at radius 3 is 2.55 bits per heavy atom. The lowest BCUT2D eigenvalue weighted by Gasteiger charge is -2.05. The number of alkyl halides is 3. The molecular formula is C13H12F3N3O. The van der Waals surface area contributed by atoms with Gasteiger partial charge >= 0.3 is 12.1 Å². The molecule has 0 bridgehead atoms. The van der Waals surface area contributed by atoms with Crippen LogP contribution in [0.3, 0.4) is 0 Å². The summed E-state index contributed by atoms with van der Waals surface area (Å²) in [5.74, 6) is -2.01. The van der Waals surface area contributed by atoms with Crippen molar-refractivity contribution < 1.29 is 18.0 Å². The van der Waals surface area contributed by atoms with Gasteiger partial charge in [0.15, 0.2) is 0 Å². The Morgan fingerprint density at radius 2 is 1.95 bits per heavy atom. The molecule has 1 heterocycles. The first kappa shape index (κ1) is 14.1. The Kier molecular flexibility index (Phi) is 3.78. The van der Waals surface area contributed by atoms with Crippen molar-refractivity contribution in [2.45, 2.75) is 19.6 Å². The van der Waals surface area contributed by atoms with E-state index >= 15 is 0 Å². The van der Waals surface area contributed by atoms with Gasteiger partial charge in [-0.25, -0.2) is 0 Å². The predicted molar refractivity (Wildman–Crippen MR) is 67.2 cm³/mol. The molecule has 1 amide bonds. The van der Waals surface area contributed by atoms with Crippen LogP contribution in [0, 0.1) is 6.92 Å². The summed E-state index contributed by atoms with van der Waals surface area (Å²) in [6.45, 7) is 2.38. The zero-order valence-corrected chi connectivity index (χ0v) is 10.6. The Morgan fingerprint density at radius 1 is 1.30 bits per heavy atom. The van der Waals surface area contributed by atoms with Gasteiger partial charge in [-0.15, -0.1) is 0 Å². The summed E-state index contributed by atoms with van der Waals surface area (Å²) >= 11 is 0. The highest BCUT2D eigenvalue weighted by Crippen LogP contribution is 2.18. The molecule has 0 aliphatic rings. The molecule has 0 atom stereocenters. The maximum atomic E-state index is 12.1. The number of nitrogens with zero attached hydrogens (tertiary/aromatic N) is 2. The van der Waals surface area contributed by atoms with E-state index in [2.05, 4.69) is 5.10 Å². The first-order valence-electron chi connectivity index (χ1n) is 5.81. The smallest absolute Gasteiger partial charge is 0.316 e. The Balaban J connectivity index is 2.02. The molecule has 2 aromatic rings. The monoisotopic (exact) mass is 283 g/mol. The number of halogens is 3. The zero-order valence-electron chi connectivity index (χ0n) is 10.6. The predicted octanol–water partition coefficient (Wildman–Crippen LogP) is 2.74. The highest BCUT2D eigenvalue weighted by atomic mass is 19.4. The van der Waals surface area contributed by atoms with Crippen LogP contribution in [0.25, 0.3) is 0 Å². The molecule has 1 aromatic heterocycles. The average molecular weight is 283 g/mol. The number of nitrogens with one attached hydrogen (secondary N) is 1. The molecule has 0 unspecified atom stereocenters. The van der Waals surface area contributed by atoms with E-state index in [1.807, 2.05) is 31.2 Å². The highest BCUT2D eigenvalue weighted by Gasteiger charge is 2.38. The maximum Gasteiger partial charge on any atom is 0.471 e. The fraction of sp³-hybridized carbons (Fsp3) is 0.231. The van der Waals surface area contributed by atoms with Gasteiger partial charge in [-0.2, -0.15) is 18.3 Å². The molecule has 1 N–H and O–H groups in total. The average Bonchev–Trinajstić information content (AvgIpc) is 2.78. The minimum atomic E-state index is -4.90. The number of anilines is 1. The molecule has 0 saturated heterocycles. The third-order valence-corrected chi connectivity index (χ3v) is 2.61. The molecule has 4 nitrogen and oxygen atoms in total. The lowest BCUT2D eigenvalue weighted by molar-refractivity contribution is -0.167. The minimum Gasteiger partial charge on any atom is -0.316 e. The third kappa shape index (κ3) is 3.59. The molecule has 0 saturated carbocycles. The van der Waals surface area contributed by atoms with Crippen LogP contribution in [0.5, 0.6) is 0 Å².